The minimum absolute atomic E-state index is 0.0606. The van der Waals surface area contributed by atoms with E-state index in [4.69, 9.17) is 17.3 Å². The van der Waals surface area contributed by atoms with Gasteiger partial charge in [-0.05, 0) is 25.1 Å². The number of sulfonamides is 1. The third-order valence-electron chi connectivity index (χ3n) is 3.51. The van der Waals surface area contributed by atoms with Crippen molar-refractivity contribution in [2.24, 2.45) is 5.73 Å². The lowest BCUT2D eigenvalue weighted by Gasteiger charge is -2.06. The van der Waals surface area contributed by atoms with Crippen LogP contribution in [-0.2, 0) is 16.4 Å². The van der Waals surface area contributed by atoms with E-state index >= 15 is 0 Å². The highest BCUT2D eigenvalue weighted by Crippen LogP contribution is 2.29. The lowest BCUT2D eigenvalue weighted by molar-refractivity contribution is 0.0993. The monoisotopic (exact) mass is 382 g/mol. The number of fused-ring (bicyclic) bond motifs is 1. The van der Waals surface area contributed by atoms with Crippen molar-refractivity contribution >= 4 is 38.4 Å². The average Bonchev–Trinajstić information content (AvgIpc) is 3.10. The highest BCUT2D eigenvalue weighted by molar-refractivity contribution is 7.89. The van der Waals surface area contributed by atoms with Gasteiger partial charge in [-0.3, -0.25) is 9.89 Å². The van der Waals surface area contributed by atoms with Crippen molar-refractivity contribution in [3.05, 3.63) is 40.6 Å². The zero-order valence-electron chi connectivity index (χ0n) is 13.1. The van der Waals surface area contributed by atoms with E-state index in [1.165, 1.54) is 6.07 Å². The molecule has 0 radical (unpaired) electrons. The zero-order chi connectivity index (χ0) is 18.2. The summed E-state index contributed by atoms with van der Waals surface area (Å²) in [4.78, 5) is 18.3. The molecule has 5 N–H and O–H groups in total. The molecule has 132 valence electrons. The molecule has 0 saturated carbocycles. The van der Waals surface area contributed by atoms with Crippen LogP contribution >= 0.6 is 11.6 Å². The van der Waals surface area contributed by atoms with Gasteiger partial charge in [0.2, 0.25) is 10.0 Å². The van der Waals surface area contributed by atoms with Gasteiger partial charge in [0.1, 0.15) is 16.4 Å². The lowest BCUT2D eigenvalue weighted by Crippen LogP contribution is -2.28. The topological polar surface area (TPSA) is 147 Å². The number of halogens is 1. The number of hydrogen-bond donors (Lipinski definition) is 4. The summed E-state index contributed by atoms with van der Waals surface area (Å²) in [5.41, 5.74) is 5.57. The van der Waals surface area contributed by atoms with Gasteiger partial charge in [-0.15, -0.1) is 0 Å². The summed E-state index contributed by atoms with van der Waals surface area (Å²) in [5.74, 6) is 0.245. The molecule has 2 aromatic heterocycles. The van der Waals surface area contributed by atoms with Crippen molar-refractivity contribution in [3.8, 4) is 0 Å². The van der Waals surface area contributed by atoms with Crippen LogP contribution in [0.5, 0.6) is 0 Å². The van der Waals surface area contributed by atoms with Gasteiger partial charge in [-0.2, -0.15) is 5.10 Å². The Kier molecular flexibility index (Phi) is 4.50. The molecule has 11 heteroatoms. The standard InChI is InChI=1S/C14H15ClN6O3S/c1-7-18-11(21-20-7)4-5-17-25(23,24)13-9-6-8(15)2-3-10(9)19-12(13)14(16)22/h2-3,6,17,19H,4-5H2,1H3,(H2,16,22)(H,18,20,21). The second kappa shape index (κ2) is 6.47. The Hall–Kier alpha value is -2.43. The SMILES string of the molecule is Cc1nc(CCNS(=O)(=O)c2c(C(N)=O)[nH]c3ccc(Cl)cc23)n[nH]1. The summed E-state index contributed by atoms with van der Waals surface area (Å²) < 4.78 is 27.9. The largest absolute Gasteiger partial charge is 0.364 e. The number of carbonyl (C=O) groups is 1. The molecule has 0 unspecified atom stereocenters. The van der Waals surface area contributed by atoms with Gasteiger partial charge in [0.15, 0.2) is 5.82 Å². The van der Waals surface area contributed by atoms with Crippen LogP contribution in [-0.4, -0.2) is 41.0 Å². The molecule has 0 fully saturated rings. The number of aryl methyl sites for hydroxylation is 1. The Morgan fingerprint density at radius 3 is 2.80 bits per heavy atom. The summed E-state index contributed by atoms with van der Waals surface area (Å²) in [7, 11) is -4.01. The lowest BCUT2D eigenvalue weighted by atomic mass is 10.2. The van der Waals surface area contributed by atoms with Gasteiger partial charge in [0, 0.05) is 28.9 Å². The van der Waals surface area contributed by atoms with Crippen LogP contribution in [0.15, 0.2) is 23.1 Å². The molecule has 0 aliphatic rings. The molecule has 1 amide bonds. The molecular weight excluding hydrogens is 368 g/mol. The van der Waals surface area contributed by atoms with E-state index in [0.717, 1.165) is 0 Å². The van der Waals surface area contributed by atoms with Crippen molar-refractivity contribution in [2.75, 3.05) is 6.54 Å². The van der Waals surface area contributed by atoms with Gasteiger partial charge in [-0.25, -0.2) is 18.1 Å². The number of carbonyl (C=O) groups excluding carboxylic acids is 1. The van der Waals surface area contributed by atoms with Gasteiger partial charge in [-0.1, -0.05) is 11.6 Å². The number of rotatable bonds is 6. The van der Waals surface area contributed by atoms with Crippen molar-refractivity contribution in [3.63, 3.8) is 0 Å². The molecule has 0 bridgehead atoms. The summed E-state index contributed by atoms with van der Waals surface area (Å²) >= 11 is 5.95. The van der Waals surface area contributed by atoms with Crippen molar-refractivity contribution in [1.82, 2.24) is 24.9 Å². The fourth-order valence-electron chi connectivity index (χ4n) is 2.46. The number of nitrogens with one attached hydrogen (secondary N) is 3. The second-order valence-corrected chi connectivity index (χ2v) is 7.51. The van der Waals surface area contributed by atoms with Crippen LogP contribution in [0.1, 0.15) is 22.1 Å². The molecule has 0 spiro atoms. The smallest absolute Gasteiger partial charge is 0.266 e. The number of nitrogens with two attached hydrogens (primary N) is 1. The number of H-pyrrole nitrogens is 2. The molecule has 0 atom stereocenters. The number of aromatic nitrogens is 4. The Bertz CT molecular complexity index is 1060. The minimum atomic E-state index is -4.01. The first-order valence-electron chi connectivity index (χ1n) is 7.26. The predicted octanol–water partition coefficient (Wildman–Crippen LogP) is 0.868. The molecular formula is C14H15ClN6O3S. The Labute approximate surface area is 148 Å². The van der Waals surface area contributed by atoms with Crippen LogP contribution in [0.4, 0.5) is 0 Å². The molecule has 3 rings (SSSR count). The normalized spacial score (nSPS) is 11.9. The van der Waals surface area contributed by atoms with E-state index in [2.05, 4.69) is 24.9 Å². The molecule has 0 aliphatic heterocycles. The molecule has 25 heavy (non-hydrogen) atoms. The molecule has 0 saturated heterocycles. The fraction of sp³-hybridized carbons (Fsp3) is 0.214. The Morgan fingerprint density at radius 1 is 1.40 bits per heavy atom. The maximum absolute atomic E-state index is 12.7. The van der Waals surface area contributed by atoms with Gasteiger partial charge >= 0.3 is 0 Å². The van der Waals surface area contributed by atoms with Crippen LogP contribution < -0.4 is 10.5 Å². The minimum Gasteiger partial charge on any atom is -0.364 e. The summed E-state index contributed by atoms with van der Waals surface area (Å²) in [6.07, 6.45) is 0.290. The van der Waals surface area contributed by atoms with Gasteiger partial charge in [0.25, 0.3) is 5.91 Å². The van der Waals surface area contributed by atoms with Crippen molar-refractivity contribution in [1.29, 1.82) is 0 Å². The van der Waals surface area contributed by atoms with E-state index in [1.54, 1.807) is 19.1 Å². The van der Waals surface area contributed by atoms with E-state index in [0.29, 0.717) is 34.0 Å². The Balaban J connectivity index is 1.94. The Morgan fingerprint density at radius 2 is 2.16 bits per heavy atom. The maximum atomic E-state index is 12.7. The maximum Gasteiger partial charge on any atom is 0.266 e. The molecule has 1 aromatic carbocycles. The molecule has 2 heterocycles. The van der Waals surface area contributed by atoms with E-state index in [1.807, 2.05) is 0 Å². The fourth-order valence-corrected chi connectivity index (χ4v) is 4.03. The summed E-state index contributed by atoms with van der Waals surface area (Å²) in [6, 6.07) is 4.63. The summed E-state index contributed by atoms with van der Waals surface area (Å²) in [6.45, 7) is 1.81. The van der Waals surface area contributed by atoms with Gasteiger partial charge in [0.05, 0.1) is 0 Å². The molecule has 0 aliphatic carbocycles. The van der Waals surface area contributed by atoms with Gasteiger partial charge < -0.3 is 10.7 Å². The van der Waals surface area contributed by atoms with Crippen LogP contribution in [0.25, 0.3) is 10.9 Å². The first-order valence-corrected chi connectivity index (χ1v) is 9.12. The van der Waals surface area contributed by atoms with E-state index < -0.39 is 15.9 Å². The molecule has 3 aromatic rings. The van der Waals surface area contributed by atoms with E-state index in [-0.39, 0.29) is 17.1 Å². The highest BCUT2D eigenvalue weighted by atomic mass is 35.5. The average molecular weight is 383 g/mol. The van der Waals surface area contributed by atoms with Crippen molar-refractivity contribution in [2.45, 2.75) is 18.2 Å². The number of hydrogen-bond acceptors (Lipinski definition) is 5. The first-order chi connectivity index (χ1) is 11.8. The van der Waals surface area contributed by atoms with Crippen LogP contribution in [0.3, 0.4) is 0 Å². The second-order valence-electron chi connectivity index (χ2n) is 5.37. The van der Waals surface area contributed by atoms with Crippen LogP contribution in [0.2, 0.25) is 5.02 Å². The third-order valence-corrected chi connectivity index (χ3v) is 5.29. The van der Waals surface area contributed by atoms with Crippen molar-refractivity contribution < 1.29 is 13.2 Å². The predicted molar refractivity (Wildman–Crippen MR) is 91.8 cm³/mol. The highest BCUT2D eigenvalue weighted by Gasteiger charge is 2.27. The van der Waals surface area contributed by atoms with E-state index in [9.17, 15) is 13.2 Å². The molecule has 9 nitrogen and oxygen atoms in total. The zero-order valence-corrected chi connectivity index (χ0v) is 14.7. The van der Waals surface area contributed by atoms with Crippen LogP contribution in [0, 0.1) is 6.92 Å². The third kappa shape index (κ3) is 3.50. The first kappa shape index (κ1) is 17.4. The quantitative estimate of drug-likeness (QED) is 0.499. The number of amides is 1. The number of nitrogens with zero attached hydrogens (tertiary/aromatic N) is 2. The number of benzene rings is 1. The number of aromatic amines is 2. The number of primary amides is 1. The summed E-state index contributed by atoms with van der Waals surface area (Å²) in [5, 5.41) is 7.25.